The zero-order valence-electron chi connectivity index (χ0n) is 10.2. The molecular weight excluding hydrogens is 378 g/mol. The quantitative estimate of drug-likeness (QED) is 0.544. The van der Waals surface area contributed by atoms with Gasteiger partial charge in [0.1, 0.15) is 5.82 Å². The average Bonchev–Trinajstić information content (AvgIpc) is 2.37. The molecule has 1 nitrogen and oxygen atoms in total. The van der Waals surface area contributed by atoms with Crippen LogP contribution in [0.2, 0.25) is 5.02 Å². The van der Waals surface area contributed by atoms with Crippen molar-refractivity contribution >= 4 is 40.0 Å². The number of ketones is 1. The summed E-state index contributed by atoms with van der Waals surface area (Å²) in [6.07, 6.45) is 0.107. The third-order valence-electron chi connectivity index (χ3n) is 2.85. The number of Topliss-reactive ketones (excluding diaryl/α,β-unsaturated/α-hetero) is 1. The lowest BCUT2D eigenvalue weighted by Gasteiger charge is -2.07. The molecule has 0 heterocycles. The zero-order chi connectivity index (χ0) is 14.0. The van der Waals surface area contributed by atoms with Gasteiger partial charge in [-0.1, -0.05) is 29.8 Å². The summed E-state index contributed by atoms with van der Waals surface area (Å²) in [5.74, 6) is -0.438. The van der Waals surface area contributed by atoms with Crippen LogP contribution in [0.5, 0.6) is 0 Å². The maximum atomic E-state index is 13.2. The Morgan fingerprint density at radius 3 is 2.79 bits per heavy atom. The topological polar surface area (TPSA) is 17.1 Å². The summed E-state index contributed by atoms with van der Waals surface area (Å²) in [6, 6.07) is 9.65. The molecule has 0 bridgehead atoms. The standard InChI is InChI=1S/C15H11ClFIO/c1-9-3-2-4-12(15(9)18)14(19)8-10-7-11(17)5-6-13(10)16/h2-7H,8H2,1H3. The molecule has 0 N–H and O–H groups in total. The molecule has 0 atom stereocenters. The van der Waals surface area contributed by atoms with Crippen molar-refractivity contribution in [1.29, 1.82) is 0 Å². The van der Waals surface area contributed by atoms with Crippen molar-refractivity contribution in [2.75, 3.05) is 0 Å². The molecule has 0 aliphatic heterocycles. The van der Waals surface area contributed by atoms with Gasteiger partial charge in [0, 0.05) is 20.6 Å². The van der Waals surface area contributed by atoms with E-state index in [0.717, 1.165) is 9.13 Å². The van der Waals surface area contributed by atoms with Gasteiger partial charge in [-0.05, 0) is 58.8 Å². The van der Waals surface area contributed by atoms with Gasteiger partial charge in [0.05, 0.1) is 0 Å². The zero-order valence-corrected chi connectivity index (χ0v) is 13.1. The van der Waals surface area contributed by atoms with Crippen LogP contribution >= 0.6 is 34.2 Å². The van der Waals surface area contributed by atoms with E-state index in [2.05, 4.69) is 22.6 Å². The van der Waals surface area contributed by atoms with E-state index >= 15 is 0 Å². The normalized spacial score (nSPS) is 10.5. The van der Waals surface area contributed by atoms with E-state index in [1.165, 1.54) is 18.2 Å². The highest BCUT2D eigenvalue weighted by atomic mass is 127. The van der Waals surface area contributed by atoms with E-state index in [4.69, 9.17) is 11.6 Å². The van der Waals surface area contributed by atoms with Crippen LogP contribution in [-0.2, 0) is 6.42 Å². The number of halogens is 3. The van der Waals surface area contributed by atoms with E-state index in [9.17, 15) is 9.18 Å². The molecule has 0 spiro atoms. The van der Waals surface area contributed by atoms with Gasteiger partial charge < -0.3 is 0 Å². The van der Waals surface area contributed by atoms with E-state index in [-0.39, 0.29) is 18.0 Å². The third-order valence-corrected chi connectivity index (χ3v) is 4.65. The van der Waals surface area contributed by atoms with E-state index in [0.29, 0.717) is 16.1 Å². The Morgan fingerprint density at radius 2 is 2.05 bits per heavy atom. The molecule has 2 aromatic carbocycles. The number of carbonyl (C=O) groups excluding carboxylic acids is 1. The van der Waals surface area contributed by atoms with Crippen molar-refractivity contribution < 1.29 is 9.18 Å². The van der Waals surface area contributed by atoms with E-state index in [1.807, 2.05) is 19.1 Å². The highest BCUT2D eigenvalue weighted by Gasteiger charge is 2.14. The molecule has 4 heteroatoms. The van der Waals surface area contributed by atoms with Crippen molar-refractivity contribution in [3.63, 3.8) is 0 Å². The maximum absolute atomic E-state index is 13.2. The minimum absolute atomic E-state index is 0.0550. The molecule has 19 heavy (non-hydrogen) atoms. The largest absolute Gasteiger partial charge is 0.294 e. The van der Waals surface area contributed by atoms with Gasteiger partial charge in [0.25, 0.3) is 0 Å². The van der Waals surface area contributed by atoms with Gasteiger partial charge in [-0.15, -0.1) is 0 Å². The Hall–Kier alpha value is -0.940. The highest BCUT2D eigenvalue weighted by molar-refractivity contribution is 14.1. The number of benzene rings is 2. The van der Waals surface area contributed by atoms with Crippen molar-refractivity contribution in [3.8, 4) is 0 Å². The summed E-state index contributed by atoms with van der Waals surface area (Å²) < 4.78 is 14.1. The van der Waals surface area contributed by atoms with Crippen LogP contribution in [0, 0.1) is 16.3 Å². The van der Waals surface area contributed by atoms with Gasteiger partial charge in [0.15, 0.2) is 5.78 Å². The molecule has 0 radical (unpaired) electrons. The summed E-state index contributed by atoms with van der Waals surface area (Å²) >= 11 is 8.13. The van der Waals surface area contributed by atoms with Crippen molar-refractivity contribution in [2.45, 2.75) is 13.3 Å². The lowest BCUT2D eigenvalue weighted by molar-refractivity contribution is 0.0992. The van der Waals surface area contributed by atoms with Crippen LogP contribution in [0.4, 0.5) is 4.39 Å². The average molecular weight is 389 g/mol. The third kappa shape index (κ3) is 3.34. The predicted molar refractivity (Wildman–Crippen MR) is 83.3 cm³/mol. The Kier molecular flexibility index (Phi) is 4.58. The Morgan fingerprint density at radius 1 is 1.32 bits per heavy atom. The van der Waals surface area contributed by atoms with Crippen LogP contribution in [0.15, 0.2) is 36.4 Å². The second-order valence-electron chi connectivity index (χ2n) is 4.27. The first-order chi connectivity index (χ1) is 8.99. The van der Waals surface area contributed by atoms with Gasteiger partial charge in [-0.2, -0.15) is 0 Å². The SMILES string of the molecule is Cc1cccc(C(=O)Cc2cc(F)ccc2Cl)c1I. The van der Waals surface area contributed by atoms with Gasteiger partial charge in [-0.25, -0.2) is 4.39 Å². The van der Waals surface area contributed by atoms with E-state index in [1.54, 1.807) is 6.07 Å². The first kappa shape index (κ1) is 14.5. The van der Waals surface area contributed by atoms with Crippen LogP contribution in [0.25, 0.3) is 0 Å². The predicted octanol–water partition coefficient (Wildman–Crippen LogP) is 4.82. The Bertz CT molecular complexity index is 640. The number of hydrogen-bond donors (Lipinski definition) is 0. The number of hydrogen-bond acceptors (Lipinski definition) is 1. The second-order valence-corrected chi connectivity index (χ2v) is 5.76. The number of rotatable bonds is 3. The van der Waals surface area contributed by atoms with Crippen molar-refractivity contribution in [3.05, 3.63) is 67.5 Å². The lowest BCUT2D eigenvalue weighted by atomic mass is 10.0. The molecule has 0 saturated heterocycles. The van der Waals surface area contributed by atoms with Crippen molar-refractivity contribution in [2.24, 2.45) is 0 Å². The molecule has 2 rings (SSSR count). The molecule has 0 aromatic heterocycles. The summed E-state index contributed by atoms with van der Waals surface area (Å²) in [7, 11) is 0. The number of carbonyl (C=O) groups is 1. The van der Waals surface area contributed by atoms with E-state index < -0.39 is 0 Å². The summed E-state index contributed by atoms with van der Waals surface area (Å²) in [6.45, 7) is 1.95. The van der Waals surface area contributed by atoms with Crippen LogP contribution in [0.1, 0.15) is 21.5 Å². The van der Waals surface area contributed by atoms with Crippen LogP contribution in [0.3, 0.4) is 0 Å². The summed E-state index contributed by atoms with van der Waals surface area (Å²) in [5.41, 5.74) is 2.22. The number of aryl methyl sites for hydroxylation is 1. The maximum Gasteiger partial charge on any atom is 0.168 e. The Balaban J connectivity index is 2.31. The fourth-order valence-electron chi connectivity index (χ4n) is 1.81. The molecular formula is C15H11ClFIO. The monoisotopic (exact) mass is 388 g/mol. The molecule has 2 aromatic rings. The summed E-state index contributed by atoms with van der Waals surface area (Å²) in [5, 5.41) is 0.414. The van der Waals surface area contributed by atoms with Crippen LogP contribution < -0.4 is 0 Å². The first-order valence-electron chi connectivity index (χ1n) is 5.71. The lowest BCUT2D eigenvalue weighted by Crippen LogP contribution is -2.07. The molecule has 0 aliphatic rings. The molecule has 0 fully saturated rings. The first-order valence-corrected chi connectivity index (χ1v) is 7.17. The fraction of sp³-hybridized carbons (Fsp3) is 0.133. The van der Waals surface area contributed by atoms with Gasteiger partial charge in [0.2, 0.25) is 0 Å². The van der Waals surface area contributed by atoms with Gasteiger partial charge in [-0.3, -0.25) is 4.79 Å². The Labute approximate surface area is 129 Å². The minimum atomic E-state index is -0.383. The minimum Gasteiger partial charge on any atom is -0.294 e. The van der Waals surface area contributed by atoms with Crippen LogP contribution in [-0.4, -0.2) is 5.78 Å². The molecule has 0 unspecified atom stereocenters. The molecule has 0 aliphatic carbocycles. The molecule has 0 saturated carbocycles. The molecule has 0 amide bonds. The summed E-state index contributed by atoms with van der Waals surface area (Å²) in [4.78, 5) is 12.3. The van der Waals surface area contributed by atoms with Crippen molar-refractivity contribution in [1.82, 2.24) is 0 Å². The fourth-order valence-corrected chi connectivity index (χ4v) is 2.65. The molecule has 98 valence electrons. The smallest absolute Gasteiger partial charge is 0.168 e. The second kappa shape index (κ2) is 6.01. The van der Waals surface area contributed by atoms with Gasteiger partial charge >= 0.3 is 0 Å². The highest BCUT2D eigenvalue weighted by Crippen LogP contribution is 2.22.